The molecule has 0 fully saturated rings. The van der Waals surface area contributed by atoms with Crippen LogP contribution in [0.2, 0.25) is 0 Å². The van der Waals surface area contributed by atoms with Gasteiger partial charge in [0.05, 0.1) is 29.8 Å². The molecule has 4 rings (SSSR count). The topological polar surface area (TPSA) is 81.9 Å². The van der Waals surface area contributed by atoms with Crippen LogP contribution in [-0.4, -0.2) is 27.3 Å². The van der Waals surface area contributed by atoms with Crippen molar-refractivity contribution in [3.05, 3.63) is 77.0 Å². The molecule has 0 spiro atoms. The molecule has 0 radical (unpaired) electrons. The molecule has 0 saturated carbocycles. The number of anilines is 1. The first-order chi connectivity index (χ1) is 15.7. The predicted molar refractivity (Wildman–Crippen MR) is 125 cm³/mol. The fraction of sp³-hybridized carbons (Fsp3) is 0.308. The normalized spacial score (nSPS) is 14.1. The summed E-state index contributed by atoms with van der Waals surface area (Å²) in [7, 11) is 0. The van der Waals surface area contributed by atoms with Gasteiger partial charge in [-0.25, -0.2) is 9.37 Å². The number of hydrogen-bond acceptors (Lipinski definition) is 5. The quantitative estimate of drug-likeness (QED) is 0.564. The number of pyridine rings is 2. The zero-order chi connectivity index (χ0) is 23.8. The second-order valence-electron chi connectivity index (χ2n) is 8.78. The summed E-state index contributed by atoms with van der Waals surface area (Å²) < 4.78 is 15.1. The number of fused-ring (bicyclic) bond motifs is 1. The van der Waals surface area contributed by atoms with Crippen LogP contribution in [0.4, 0.5) is 10.2 Å². The number of nitrogens with zero attached hydrogens (tertiary/aromatic N) is 4. The van der Waals surface area contributed by atoms with Crippen LogP contribution >= 0.6 is 0 Å². The molecule has 1 N–H and O–H groups in total. The smallest absolute Gasteiger partial charge is 0.254 e. The Balaban J connectivity index is 1.59. The molecule has 3 aromatic rings. The summed E-state index contributed by atoms with van der Waals surface area (Å²) >= 11 is 0. The molecule has 1 aliphatic heterocycles. The van der Waals surface area contributed by atoms with Gasteiger partial charge in [-0.2, -0.15) is 5.26 Å². The van der Waals surface area contributed by atoms with E-state index in [1.165, 1.54) is 6.07 Å². The molecule has 0 bridgehead atoms. The van der Waals surface area contributed by atoms with Crippen molar-refractivity contribution in [2.75, 3.05) is 11.9 Å². The van der Waals surface area contributed by atoms with Gasteiger partial charge in [0.1, 0.15) is 11.6 Å². The first kappa shape index (κ1) is 22.4. The van der Waals surface area contributed by atoms with Crippen molar-refractivity contribution in [3.63, 3.8) is 0 Å². The van der Waals surface area contributed by atoms with E-state index in [4.69, 9.17) is 0 Å². The molecule has 6 nitrogen and oxygen atoms in total. The second kappa shape index (κ2) is 8.62. The predicted octanol–water partition coefficient (Wildman–Crippen LogP) is 5.23. The summed E-state index contributed by atoms with van der Waals surface area (Å²) in [6, 6.07) is 12.4. The molecule has 2 aromatic heterocycles. The van der Waals surface area contributed by atoms with Crippen molar-refractivity contribution < 1.29 is 9.18 Å². The lowest BCUT2D eigenvalue weighted by atomic mass is 9.89. The van der Waals surface area contributed by atoms with E-state index in [0.717, 1.165) is 11.1 Å². The lowest BCUT2D eigenvalue weighted by Crippen LogP contribution is -2.22. The van der Waals surface area contributed by atoms with Crippen molar-refractivity contribution in [3.8, 4) is 17.2 Å². The Morgan fingerprint density at radius 2 is 1.94 bits per heavy atom. The van der Waals surface area contributed by atoms with E-state index in [9.17, 15) is 10.1 Å². The van der Waals surface area contributed by atoms with Crippen LogP contribution in [0.15, 0.2) is 48.8 Å². The molecular weight excluding hydrogens is 417 g/mol. The van der Waals surface area contributed by atoms with Crippen LogP contribution in [0.1, 0.15) is 60.9 Å². The highest BCUT2D eigenvalue weighted by Gasteiger charge is 2.29. The number of carbonyl (C=O) groups is 1. The number of carbonyl (C=O) groups excluding carboxylic acids is 1. The van der Waals surface area contributed by atoms with Gasteiger partial charge in [0.15, 0.2) is 0 Å². The summed E-state index contributed by atoms with van der Waals surface area (Å²) in [6.45, 7) is 8.61. The molecule has 168 valence electrons. The molecule has 7 heteroatoms. The Morgan fingerprint density at radius 1 is 1.18 bits per heavy atom. The van der Waals surface area contributed by atoms with Gasteiger partial charge in [0.2, 0.25) is 0 Å². The largest absolute Gasteiger partial charge is 0.363 e. The third-order valence-electron chi connectivity index (χ3n) is 6.14. The third-order valence-corrected chi connectivity index (χ3v) is 6.14. The van der Waals surface area contributed by atoms with Crippen LogP contribution in [-0.2, 0) is 12.0 Å². The Labute approximate surface area is 193 Å². The molecule has 0 aliphatic carbocycles. The summed E-state index contributed by atoms with van der Waals surface area (Å²) in [5.74, 6) is 0.301. The fourth-order valence-electron chi connectivity index (χ4n) is 3.99. The minimum Gasteiger partial charge on any atom is -0.363 e. The van der Waals surface area contributed by atoms with Crippen molar-refractivity contribution in [2.24, 2.45) is 0 Å². The zero-order valence-electron chi connectivity index (χ0n) is 19.2. The summed E-state index contributed by atoms with van der Waals surface area (Å²) in [5, 5.41) is 12.7. The second-order valence-corrected chi connectivity index (χ2v) is 8.78. The Bertz CT molecular complexity index is 1260. The summed E-state index contributed by atoms with van der Waals surface area (Å²) in [5.41, 5.74) is 3.26. The van der Waals surface area contributed by atoms with E-state index < -0.39 is 5.41 Å². The van der Waals surface area contributed by atoms with Gasteiger partial charge >= 0.3 is 0 Å². The Morgan fingerprint density at radius 3 is 2.64 bits per heavy atom. The number of hydrogen-bond donors (Lipinski definition) is 1. The molecule has 0 unspecified atom stereocenters. The maximum absolute atomic E-state index is 15.1. The Hall–Kier alpha value is -3.79. The third kappa shape index (κ3) is 4.17. The zero-order valence-corrected chi connectivity index (χ0v) is 19.2. The first-order valence-corrected chi connectivity index (χ1v) is 11.0. The number of amides is 1. The van der Waals surface area contributed by atoms with Crippen molar-refractivity contribution in [2.45, 2.75) is 45.7 Å². The maximum atomic E-state index is 15.1. The van der Waals surface area contributed by atoms with E-state index >= 15 is 4.39 Å². The lowest BCUT2D eigenvalue weighted by molar-refractivity contribution is 0.0787. The molecule has 1 amide bonds. The minimum atomic E-state index is -0.761. The maximum Gasteiger partial charge on any atom is 0.254 e. The number of nitrogens with one attached hydrogen (secondary N) is 1. The Kier molecular flexibility index (Phi) is 5.86. The number of benzene rings is 1. The molecule has 0 saturated heterocycles. The van der Waals surface area contributed by atoms with E-state index in [0.29, 0.717) is 41.3 Å². The van der Waals surface area contributed by atoms with E-state index in [1.54, 1.807) is 55.4 Å². The van der Waals surface area contributed by atoms with Gasteiger partial charge in [-0.05, 0) is 63.1 Å². The first-order valence-electron chi connectivity index (χ1n) is 11.0. The highest BCUT2D eigenvalue weighted by atomic mass is 19.1. The van der Waals surface area contributed by atoms with Gasteiger partial charge in [0, 0.05) is 35.6 Å². The molecule has 33 heavy (non-hydrogen) atoms. The lowest BCUT2D eigenvalue weighted by Gasteiger charge is -2.18. The average Bonchev–Trinajstić information content (AvgIpc) is 3.15. The molecular formula is C26H26FN5O. The molecule has 1 aliphatic rings. The van der Waals surface area contributed by atoms with Crippen molar-refractivity contribution in [1.82, 2.24) is 14.9 Å². The SMILES string of the molecule is CCN1Cc2c(ccnc2N[C@@H](C)c2ccc(-c3ccnc(C(C)(C)C#N)c3)c(F)c2)C1=O. The van der Waals surface area contributed by atoms with Crippen LogP contribution in [0.5, 0.6) is 0 Å². The van der Waals surface area contributed by atoms with Gasteiger partial charge in [-0.3, -0.25) is 9.78 Å². The van der Waals surface area contributed by atoms with Crippen LogP contribution < -0.4 is 5.32 Å². The van der Waals surface area contributed by atoms with E-state index in [1.807, 2.05) is 19.9 Å². The van der Waals surface area contributed by atoms with Crippen molar-refractivity contribution in [1.29, 1.82) is 5.26 Å². The van der Waals surface area contributed by atoms with Gasteiger partial charge in [0.25, 0.3) is 5.91 Å². The van der Waals surface area contributed by atoms with Crippen molar-refractivity contribution >= 4 is 11.7 Å². The average molecular weight is 444 g/mol. The number of aromatic nitrogens is 2. The van der Waals surface area contributed by atoms with Crippen LogP contribution in [0.25, 0.3) is 11.1 Å². The summed E-state index contributed by atoms with van der Waals surface area (Å²) in [6.07, 6.45) is 3.22. The highest BCUT2D eigenvalue weighted by molar-refractivity contribution is 5.99. The molecule has 1 atom stereocenters. The van der Waals surface area contributed by atoms with Gasteiger partial charge in [-0.15, -0.1) is 0 Å². The standard InChI is InChI=1S/C26H26FN5O/c1-5-32-14-21-20(25(32)33)9-11-30-24(21)31-16(2)17-6-7-19(22(27)12-17)18-8-10-29-23(13-18)26(3,4)15-28/h6-13,16H,5,14H2,1-4H3,(H,30,31)/t16-/m0/s1. The minimum absolute atomic E-state index is 0.0114. The van der Waals surface area contributed by atoms with E-state index in [-0.39, 0.29) is 17.8 Å². The molecule has 1 aromatic carbocycles. The van der Waals surface area contributed by atoms with Crippen LogP contribution in [0.3, 0.4) is 0 Å². The number of nitriles is 1. The highest BCUT2D eigenvalue weighted by Crippen LogP contribution is 2.32. The number of halogens is 1. The number of rotatable bonds is 6. The van der Waals surface area contributed by atoms with Gasteiger partial charge in [-0.1, -0.05) is 12.1 Å². The monoisotopic (exact) mass is 443 g/mol. The van der Waals surface area contributed by atoms with Crippen LogP contribution in [0, 0.1) is 17.1 Å². The van der Waals surface area contributed by atoms with E-state index in [2.05, 4.69) is 21.4 Å². The van der Waals surface area contributed by atoms with Gasteiger partial charge < -0.3 is 10.2 Å². The molecule has 3 heterocycles. The fourth-order valence-corrected chi connectivity index (χ4v) is 3.99. The summed E-state index contributed by atoms with van der Waals surface area (Å²) in [4.78, 5) is 22.9.